The summed E-state index contributed by atoms with van der Waals surface area (Å²) >= 11 is 6.22. The highest BCUT2D eigenvalue weighted by molar-refractivity contribution is 6.42. The van der Waals surface area contributed by atoms with Gasteiger partial charge in [-0.2, -0.15) is 4.98 Å². The first-order chi connectivity index (χ1) is 14.0. The van der Waals surface area contributed by atoms with Crippen LogP contribution in [0.15, 0.2) is 32.6 Å². The molecule has 0 N–H and O–H groups in total. The molecule has 148 valence electrons. The minimum absolute atomic E-state index is 0.0771. The lowest BCUT2D eigenvalue weighted by Gasteiger charge is -2.17. The van der Waals surface area contributed by atoms with E-state index in [4.69, 9.17) is 20.4 Å². The van der Waals surface area contributed by atoms with E-state index >= 15 is 0 Å². The van der Waals surface area contributed by atoms with Gasteiger partial charge in [-0.15, -0.1) is 0 Å². The fourth-order valence-electron chi connectivity index (χ4n) is 4.30. The predicted octanol–water partition coefficient (Wildman–Crippen LogP) is 6.15. The van der Waals surface area contributed by atoms with Gasteiger partial charge in [0, 0.05) is 28.1 Å². The molecule has 2 heterocycles. The first-order valence-electron chi connectivity index (χ1n) is 10.1. The van der Waals surface area contributed by atoms with E-state index in [2.05, 4.69) is 4.98 Å². The molecule has 0 atom stereocenters. The topological polar surface area (TPSA) is 73.3 Å². The molecule has 2 aliphatic carbocycles. The molecular formula is C23H20ClNO4. The summed E-state index contributed by atoms with van der Waals surface area (Å²) in [5.74, 6) is 0.810. The monoisotopic (exact) mass is 409 g/mol. The van der Waals surface area contributed by atoms with Crippen LogP contribution in [0, 0.1) is 0 Å². The van der Waals surface area contributed by atoms with Gasteiger partial charge in [0.05, 0.1) is 5.57 Å². The van der Waals surface area contributed by atoms with Crippen molar-refractivity contribution in [3.05, 3.63) is 57.1 Å². The number of aromatic nitrogens is 1. The third kappa shape index (κ3) is 3.04. The fraction of sp³-hybridized carbons (Fsp3) is 0.348. The number of hydrogen-bond donors (Lipinski definition) is 0. The van der Waals surface area contributed by atoms with Crippen molar-refractivity contribution in [3.63, 3.8) is 0 Å². The number of carbonyl (C=O) groups excluding carboxylic acids is 2. The second-order valence-electron chi connectivity index (χ2n) is 7.76. The summed E-state index contributed by atoms with van der Waals surface area (Å²) in [5, 5.41) is 0.503. The number of hydrogen-bond acceptors (Lipinski definition) is 5. The lowest BCUT2D eigenvalue weighted by atomic mass is 9.89. The van der Waals surface area contributed by atoms with Crippen molar-refractivity contribution in [1.29, 1.82) is 0 Å². The molecule has 3 aromatic rings. The molecule has 2 aromatic heterocycles. The van der Waals surface area contributed by atoms with Crippen LogP contribution < -0.4 is 0 Å². The summed E-state index contributed by atoms with van der Waals surface area (Å²) in [6.45, 7) is 1.96. The van der Waals surface area contributed by atoms with E-state index in [1.54, 1.807) is 18.2 Å². The zero-order valence-corrected chi connectivity index (χ0v) is 16.8. The standard InChI is InChI=1S/C23H20ClNO4/c1-2-12-8-15-16(11-18(12)24)21(27)17(20(15)26)9-14-10-19-23(28-14)25-22(29-19)13-6-4-3-5-7-13/h8-11,13H,2-7H2,1H3/b17-9+. The number of aryl methyl sites for hydroxylation is 1. The molecule has 2 aliphatic rings. The Morgan fingerprint density at radius 3 is 2.48 bits per heavy atom. The Labute approximate surface area is 172 Å². The van der Waals surface area contributed by atoms with Crippen LogP contribution in [0.2, 0.25) is 5.02 Å². The van der Waals surface area contributed by atoms with Gasteiger partial charge in [0.2, 0.25) is 5.89 Å². The molecule has 6 heteroatoms. The number of halogens is 1. The lowest BCUT2D eigenvalue weighted by molar-refractivity contribution is 0.0990. The number of furan rings is 1. The molecule has 5 nitrogen and oxygen atoms in total. The number of Topliss-reactive ketones (excluding diaryl/α,β-unsaturated/α-hetero) is 2. The van der Waals surface area contributed by atoms with Crippen molar-refractivity contribution in [3.8, 4) is 0 Å². The summed E-state index contributed by atoms with van der Waals surface area (Å²) < 4.78 is 11.6. The molecule has 0 saturated heterocycles. The van der Waals surface area contributed by atoms with Crippen molar-refractivity contribution in [1.82, 2.24) is 4.98 Å². The molecule has 29 heavy (non-hydrogen) atoms. The van der Waals surface area contributed by atoms with Crippen LogP contribution in [-0.4, -0.2) is 16.6 Å². The predicted molar refractivity (Wildman–Crippen MR) is 110 cm³/mol. The number of fused-ring (bicyclic) bond motifs is 2. The third-order valence-corrected chi connectivity index (χ3v) is 6.26. The molecule has 0 spiro atoms. The van der Waals surface area contributed by atoms with Crippen molar-refractivity contribution in [2.75, 3.05) is 0 Å². The highest BCUT2D eigenvalue weighted by atomic mass is 35.5. The molecule has 1 saturated carbocycles. The number of carbonyl (C=O) groups is 2. The Bertz CT molecular complexity index is 1150. The quantitative estimate of drug-likeness (QED) is 0.383. The first-order valence-corrected chi connectivity index (χ1v) is 10.5. The van der Waals surface area contributed by atoms with Gasteiger partial charge in [0.1, 0.15) is 5.76 Å². The van der Waals surface area contributed by atoms with E-state index in [1.807, 2.05) is 6.92 Å². The van der Waals surface area contributed by atoms with E-state index in [0.29, 0.717) is 45.5 Å². The van der Waals surface area contributed by atoms with E-state index < -0.39 is 0 Å². The van der Waals surface area contributed by atoms with Crippen LogP contribution >= 0.6 is 11.6 Å². The van der Waals surface area contributed by atoms with Gasteiger partial charge < -0.3 is 8.83 Å². The van der Waals surface area contributed by atoms with Crippen LogP contribution in [0.25, 0.3) is 17.4 Å². The molecule has 1 fully saturated rings. The van der Waals surface area contributed by atoms with Gasteiger partial charge in [-0.3, -0.25) is 9.59 Å². The summed E-state index contributed by atoms with van der Waals surface area (Å²) in [6.07, 6.45) is 7.99. The van der Waals surface area contributed by atoms with Gasteiger partial charge in [0.25, 0.3) is 5.71 Å². The van der Waals surface area contributed by atoms with Gasteiger partial charge in [-0.05, 0) is 43.0 Å². The normalized spacial score (nSPS) is 18.9. The van der Waals surface area contributed by atoms with Crippen molar-refractivity contribution in [2.45, 2.75) is 51.4 Å². The third-order valence-electron chi connectivity index (χ3n) is 5.91. The first kappa shape index (κ1) is 18.4. The molecule has 0 aliphatic heterocycles. The second-order valence-corrected chi connectivity index (χ2v) is 8.17. The zero-order chi connectivity index (χ0) is 20.1. The molecule has 0 amide bonds. The Morgan fingerprint density at radius 2 is 1.79 bits per heavy atom. The van der Waals surface area contributed by atoms with Crippen LogP contribution in [0.4, 0.5) is 0 Å². The van der Waals surface area contributed by atoms with Gasteiger partial charge in [0.15, 0.2) is 17.1 Å². The number of allylic oxidation sites excluding steroid dienone is 1. The van der Waals surface area contributed by atoms with Crippen molar-refractivity contribution in [2.24, 2.45) is 0 Å². The average Bonchev–Trinajstić information content (AvgIpc) is 3.36. The maximum absolute atomic E-state index is 12.8. The van der Waals surface area contributed by atoms with Crippen LogP contribution in [-0.2, 0) is 6.42 Å². The number of oxazole rings is 1. The Balaban J connectivity index is 1.47. The number of nitrogens with zero attached hydrogens (tertiary/aromatic N) is 1. The smallest absolute Gasteiger partial charge is 0.266 e. The minimum atomic E-state index is -0.335. The second kappa shape index (κ2) is 6.99. The molecular weight excluding hydrogens is 390 g/mol. The number of benzene rings is 1. The number of rotatable bonds is 3. The Kier molecular flexibility index (Phi) is 4.43. The van der Waals surface area contributed by atoms with E-state index in [0.717, 1.165) is 24.3 Å². The summed E-state index contributed by atoms with van der Waals surface area (Å²) in [5.41, 5.74) is 2.62. The van der Waals surface area contributed by atoms with Crippen molar-refractivity contribution < 1.29 is 18.4 Å². The molecule has 5 rings (SSSR count). The fourth-order valence-corrected chi connectivity index (χ4v) is 4.59. The van der Waals surface area contributed by atoms with Gasteiger partial charge in [-0.1, -0.05) is 37.8 Å². The van der Waals surface area contributed by atoms with E-state index in [1.165, 1.54) is 25.3 Å². The summed E-state index contributed by atoms with van der Waals surface area (Å²) in [4.78, 5) is 30.0. The van der Waals surface area contributed by atoms with Gasteiger partial charge in [-0.25, -0.2) is 0 Å². The highest BCUT2D eigenvalue weighted by Gasteiger charge is 2.34. The van der Waals surface area contributed by atoms with Crippen molar-refractivity contribution >= 4 is 40.5 Å². The van der Waals surface area contributed by atoms with Crippen LogP contribution in [0.1, 0.15) is 82.9 Å². The molecule has 0 bridgehead atoms. The molecule has 0 unspecified atom stereocenters. The van der Waals surface area contributed by atoms with E-state index in [-0.39, 0.29) is 17.1 Å². The van der Waals surface area contributed by atoms with Crippen LogP contribution in [0.3, 0.4) is 0 Å². The van der Waals surface area contributed by atoms with Gasteiger partial charge >= 0.3 is 0 Å². The molecule has 0 radical (unpaired) electrons. The Morgan fingerprint density at radius 1 is 1.07 bits per heavy atom. The zero-order valence-electron chi connectivity index (χ0n) is 16.1. The maximum Gasteiger partial charge on any atom is 0.266 e. The highest BCUT2D eigenvalue weighted by Crippen LogP contribution is 2.36. The lowest BCUT2D eigenvalue weighted by Crippen LogP contribution is -2.04. The van der Waals surface area contributed by atoms with Crippen LogP contribution in [0.5, 0.6) is 0 Å². The summed E-state index contributed by atoms with van der Waals surface area (Å²) in [6, 6.07) is 4.99. The number of ketones is 2. The average molecular weight is 410 g/mol. The molecule has 1 aromatic carbocycles. The SMILES string of the molecule is CCc1cc2c(cc1Cl)C(=O)/C(=C/c1cc3oc(C4CCCCC4)nc3o1)C2=O. The minimum Gasteiger partial charge on any atom is -0.437 e. The largest absolute Gasteiger partial charge is 0.437 e. The maximum atomic E-state index is 12.8. The van der Waals surface area contributed by atoms with E-state index in [9.17, 15) is 9.59 Å². The Hall–Kier alpha value is -2.66. The summed E-state index contributed by atoms with van der Waals surface area (Å²) in [7, 11) is 0.